The summed E-state index contributed by atoms with van der Waals surface area (Å²) in [5.74, 6) is 0.243. The topological polar surface area (TPSA) is 125 Å². The maximum Gasteiger partial charge on any atom is 0.354 e. The summed E-state index contributed by atoms with van der Waals surface area (Å²) in [7, 11) is 0. The van der Waals surface area contributed by atoms with Crippen LogP contribution in [-0.4, -0.2) is 33.5 Å². The van der Waals surface area contributed by atoms with Crippen molar-refractivity contribution in [2.75, 3.05) is 11.9 Å². The quantitative estimate of drug-likeness (QED) is 0.269. The van der Waals surface area contributed by atoms with Crippen molar-refractivity contribution in [3.05, 3.63) is 88.0 Å². The fourth-order valence-corrected chi connectivity index (χ4v) is 3.23. The number of carbonyl (C=O) groups excluding carboxylic acids is 1. The van der Waals surface area contributed by atoms with Gasteiger partial charge in [0.2, 0.25) is 5.88 Å². The van der Waals surface area contributed by atoms with Gasteiger partial charge in [0.05, 0.1) is 11.3 Å². The second-order valence-electron chi connectivity index (χ2n) is 7.91. The molecule has 0 unspecified atom stereocenters. The van der Waals surface area contributed by atoms with E-state index in [1.165, 1.54) is 6.07 Å². The molecule has 0 saturated heterocycles. The molecule has 0 fully saturated rings. The van der Waals surface area contributed by atoms with Gasteiger partial charge in [0.25, 0.3) is 5.91 Å². The number of nitrogens with one attached hydrogen (secondary N) is 3. The summed E-state index contributed by atoms with van der Waals surface area (Å²) in [4.78, 5) is 32.3. The second-order valence-corrected chi connectivity index (χ2v) is 8.35. The zero-order chi connectivity index (χ0) is 26.1. The number of anilines is 1. The van der Waals surface area contributed by atoms with Gasteiger partial charge in [-0.25, -0.2) is 14.8 Å². The highest BCUT2D eigenvalue weighted by atomic mass is 35.5. The fraction of sp³-hybridized carbons (Fsp3) is 0.231. The predicted octanol–water partition coefficient (Wildman–Crippen LogP) is 4.89. The molecule has 9 nitrogen and oxygen atoms in total. The summed E-state index contributed by atoms with van der Waals surface area (Å²) in [5.41, 5.74) is 1.90. The molecule has 2 heterocycles. The van der Waals surface area contributed by atoms with Gasteiger partial charge in [0.15, 0.2) is 11.4 Å². The normalized spacial score (nSPS) is 11.3. The van der Waals surface area contributed by atoms with Gasteiger partial charge in [-0.15, -0.1) is 0 Å². The van der Waals surface area contributed by atoms with Crippen molar-refractivity contribution in [3.63, 3.8) is 0 Å². The highest BCUT2D eigenvalue weighted by molar-refractivity contribution is 6.30. The van der Waals surface area contributed by atoms with Crippen LogP contribution in [-0.2, 0) is 11.3 Å². The van der Waals surface area contributed by atoms with E-state index in [0.717, 1.165) is 12.0 Å². The monoisotopic (exact) mass is 509 g/mol. The van der Waals surface area contributed by atoms with Crippen molar-refractivity contribution >= 4 is 29.3 Å². The van der Waals surface area contributed by atoms with Crippen molar-refractivity contribution in [1.82, 2.24) is 20.6 Å². The van der Waals surface area contributed by atoms with Crippen LogP contribution in [0.4, 0.5) is 5.82 Å². The van der Waals surface area contributed by atoms with Crippen LogP contribution in [0.2, 0.25) is 5.02 Å². The Morgan fingerprint density at radius 1 is 1.03 bits per heavy atom. The fourth-order valence-electron chi connectivity index (χ4n) is 3.11. The van der Waals surface area contributed by atoms with E-state index >= 15 is 0 Å². The van der Waals surface area contributed by atoms with Crippen LogP contribution in [0.1, 0.15) is 42.0 Å². The average Bonchev–Trinajstić information content (AvgIpc) is 2.87. The first-order valence-electron chi connectivity index (χ1n) is 11.4. The zero-order valence-electron chi connectivity index (χ0n) is 20.3. The van der Waals surface area contributed by atoms with Gasteiger partial charge in [-0.1, -0.05) is 36.7 Å². The van der Waals surface area contributed by atoms with Crippen LogP contribution in [0.3, 0.4) is 0 Å². The minimum atomic E-state index is -1.14. The molecular formula is C26H28ClN5O4. The summed E-state index contributed by atoms with van der Waals surface area (Å²) in [5, 5.41) is 19.1. The third-order valence-corrected chi connectivity index (χ3v) is 5.33. The number of hydrogen-bond donors (Lipinski definition) is 4. The first-order valence-corrected chi connectivity index (χ1v) is 11.7. The Balaban J connectivity index is 1.80. The van der Waals surface area contributed by atoms with Crippen LogP contribution < -0.4 is 20.7 Å². The zero-order valence-corrected chi connectivity index (χ0v) is 21.0. The highest BCUT2D eigenvalue weighted by Crippen LogP contribution is 2.25. The second kappa shape index (κ2) is 12.6. The lowest BCUT2D eigenvalue weighted by atomic mass is 10.2. The number of nitrogens with zero attached hydrogens (tertiary/aromatic N) is 2. The summed E-state index contributed by atoms with van der Waals surface area (Å²) in [6.45, 7) is 6.51. The van der Waals surface area contributed by atoms with E-state index < -0.39 is 5.97 Å². The van der Waals surface area contributed by atoms with Gasteiger partial charge in [0, 0.05) is 24.2 Å². The molecule has 0 aliphatic heterocycles. The van der Waals surface area contributed by atoms with Crippen molar-refractivity contribution < 1.29 is 19.4 Å². The molecule has 0 radical (unpaired) electrons. The molecule has 2 aromatic heterocycles. The molecule has 10 heteroatoms. The van der Waals surface area contributed by atoms with Gasteiger partial charge in [-0.2, -0.15) is 0 Å². The predicted molar refractivity (Wildman–Crippen MR) is 138 cm³/mol. The van der Waals surface area contributed by atoms with E-state index in [-0.39, 0.29) is 17.5 Å². The molecule has 1 aromatic carbocycles. The highest BCUT2D eigenvalue weighted by Gasteiger charge is 2.14. The van der Waals surface area contributed by atoms with Crippen LogP contribution in [0.25, 0.3) is 0 Å². The summed E-state index contributed by atoms with van der Waals surface area (Å²) in [6, 6.07) is 15.3. The summed E-state index contributed by atoms with van der Waals surface area (Å²) < 4.78 is 5.74. The Bertz CT molecular complexity index is 1260. The van der Waals surface area contributed by atoms with Crippen molar-refractivity contribution in [1.29, 1.82) is 0 Å². The summed E-state index contributed by atoms with van der Waals surface area (Å²) >= 11 is 5.98. The molecule has 0 aliphatic carbocycles. The van der Waals surface area contributed by atoms with Gasteiger partial charge >= 0.3 is 5.97 Å². The number of aromatic nitrogens is 2. The number of carbonyl (C=O) groups is 2. The van der Waals surface area contributed by atoms with Crippen LogP contribution in [0, 0.1) is 6.92 Å². The van der Waals surface area contributed by atoms with Gasteiger partial charge < -0.3 is 25.8 Å². The molecule has 0 spiro atoms. The number of aromatic carboxylic acids is 1. The summed E-state index contributed by atoms with van der Waals surface area (Å²) in [6.07, 6.45) is 0.826. The van der Waals surface area contributed by atoms with E-state index in [1.807, 2.05) is 19.1 Å². The number of aryl methyl sites for hydroxylation is 1. The maximum absolute atomic E-state index is 12.6. The number of pyridine rings is 2. The van der Waals surface area contributed by atoms with E-state index in [2.05, 4.69) is 25.9 Å². The standard InChI is InChI=1S/C26H28ClN5O4/c1-4-14-28-25(33)16(2)24(29-15-18-8-10-19(27)11-9-18)32-22-13-12-21(17(3)30-22)36-23-7-5-6-20(31-23)26(34)35/h5-13,29H,4,14-15H2,1-3H3,(H,28,33)(H,30,32)(H,34,35)/b24-16+. The lowest BCUT2D eigenvalue weighted by Crippen LogP contribution is -2.30. The van der Waals surface area contributed by atoms with E-state index in [0.29, 0.717) is 46.8 Å². The van der Waals surface area contributed by atoms with Crippen molar-refractivity contribution in [2.45, 2.75) is 33.7 Å². The molecule has 0 bridgehead atoms. The first kappa shape index (κ1) is 26.5. The molecule has 3 rings (SSSR count). The number of halogens is 1. The SMILES string of the molecule is CCCNC(=O)/C(C)=C(\NCc1ccc(Cl)cc1)Nc1ccc(Oc2cccc(C(=O)O)n2)c(C)n1. The lowest BCUT2D eigenvalue weighted by Gasteiger charge is -2.17. The Hall–Kier alpha value is -4.11. The first-order chi connectivity index (χ1) is 17.3. The molecule has 0 aliphatic rings. The van der Waals surface area contributed by atoms with E-state index in [9.17, 15) is 9.59 Å². The number of carboxylic acids is 1. The maximum atomic E-state index is 12.6. The van der Waals surface area contributed by atoms with E-state index in [4.69, 9.17) is 21.4 Å². The van der Waals surface area contributed by atoms with Crippen molar-refractivity contribution in [3.8, 4) is 11.6 Å². The Morgan fingerprint density at radius 2 is 1.78 bits per heavy atom. The Kier molecular flexibility index (Phi) is 9.24. The molecule has 188 valence electrons. The van der Waals surface area contributed by atoms with Crippen LogP contribution in [0.15, 0.2) is 66.0 Å². The number of benzene rings is 1. The largest absolute Gasteiger partial charge is 0.477 e. The van der Waals surface area contributed by atoms with E-state index in [1.54, 1.807) is 50.2 Å². The number of hydrogen-bond acceptors (Lipinski definition) is 7. The van der Waals surface area contributed by atoms with Crippen LogP contribution >= 0.6 is 11.6 Å². The number of amides is 1. The van der Waals surface area contributed by atoms with Crippen LogP contribution in [0.5, 0.6) is 11.6 Å². The minimum Gasteiger partial charge on any atom is -0.477 e. The molecule has 4 N–H and O–H groups in total. The number of carboxylic acid groups (broad SMARTS) is 1. The third kappa shape index (κ3) is 7.44. The lowest BCUT2D eigenvalue weighted by molar-refractivity contribution is -0.117. The smallest absolute Gasteiger partial charge is 0.354 e. The van der Waals surface area contributed by atoms with Gasteiger partial charge in [-0.3, -0.25) is 4.79 Å². The molecule has 0 atom stereocenters. The molecule has 3 aromatic rings. The number of rotatable bonds is 11. The molecule has 36 heavy (non-hydrogen) atoms. The average molecular weight is 510 g/mol. The molecule has 1 amide bonds. The van der Waals surface area contributed by atoms with Crippen molar-refractivity contribution in [2.24, 2.45) is 0 Å². The van der Waals surface area contributed by atoms with Gasteiger partial charge in [-0.05, 0) is 56.2 Å². The van der Waals surface area contributed by atoms with Gasteiger partial charge in [0.1, 0.15) is 11.6 Å². The Morgan fingerprint density at radius 3 is 2.44 bits per heavy atom. The Labute approximate surface area is 214 Å². The molecular weight excluding hydrogens is 482 g/mol. The number of ether oxygens (including phenoxy) is 1. The minimum absolute atomic E-state index is 0.116. The molecule has 0 saturated carbocycles. The third-order valence-electron chi connectivity index (χ3n) is 5.08.